The average molecular weight is 242 g/mol. The molecule has 0 radical (unpaired) electrons. The highest BCUT2D eigenvalue weighted by atomic mass is 15.4. The lowest BCUT2D eigenvalue weighted by molar-refractivity contribution is 0.287. The normalized spacial score (nSPS) is 16.9. The van der Waals surface area contributed by atoms with Crippen LogP contribution in [0.5, 0.6) is 0 Å². The molecule has 0 spiro atoms. The molecule has 2 aromatic heterocycles. The molecule has 3 rings (SSSR count). The Morgan fingerprint density at radius 1 is 1.22 bits per heavy atom. The summed E-state index contributed by atoms with van der Waals surface area (Å²) >= 11 is 0. The van der Waals surface area contributed by atoms with Crippen molar-refractivity contribution in [3.05, 3.63) is 18.5 Å². The van der Waals surface area contributed by atoms with Gasteiger partial charge in [-0.3, -0.25) is 4.90 Å². The van der Waals surface area contributed by atoms with Gasteiger partial charge in [0, 0.05) is 26.2 Å². The summed E-state index contributed by atoms with van der Waals surface area (Å²) in [7, 11) is 0. The Morgan fingerprint density at radius 2 is 2.06 bits per heavy atom. The van der Waals surface area contributed by atoms with Crippen molar-refractivity contribution >= 4 is 11.5 Å². The lowest BCUT2D eigenvalue weighted by Gasteiger charge is -2.34. The third-order valence-corrected chi connectivity index (χ3v) is 3.16. The van der Waals surface area contributed by atoms with Gasteiger partial charge in [0.2, 0.25) is 0 Å². The molecule has 0 unspecified atom stereocenters. The van der Waals surface area contributed by atoms with E-state index in [0.717, 1.165) is 44.2 Å². The lowest BCUT2D eigenvalue weighted by atomic mass is 10.3. The molecule has 0 atom stereocenters. The molecule has 18 heavy (non-hydrogen) atoms. The number of nitrogens with zero attached hydrogens (tertiary/aromatic N) is 6. The van der Waals surface area contributed by atoms with Crippen LogP contribution in [0.25, 0.3) is 5.65 Å². The monoisotopic (exact) mass is 242 g/mol. The summed E-state index contributed by atoms with van der Waals surface area (Å²) < 4.78 is 1.70. The molecule has 1 aliphatic heterocycles. The first-order valence-electron chi connectivity index (χ1n) is 5.94. The Morgan fingerprint density at radius 3 is 2.83 bits per heavy atom. The SMILES string of the molecule is C#CCN1CCN(c2ccc3nncn3n2)CC1. The number of fused-ring (bicyclic) bond motifs is 1. The van der Waals surface area contributed by atoms with E-state index in [9.17, 15) is 0 Å². The average Bonchev–Trinajstić information content (AvgIpc) is 2.87. The van der Waals surface area contributed by atoms with Crippen LogP contribution in [0.15, 0.2) is 18.5 Å². The van der Waals surface area contributed by atoms with E-state index in [1.165, 1.54) is 0 Å². The van der Waals surface area contributed by atoms with Crippen molar-refractivity contribution in [2.75, 3.05) is 37.6 Å². The summed E-state index contributed by atoms with van der Waals surface area (Å²) in [6, 6.07) is 3.92. The summed E-state index contributed by atoms with van der Waals surface area (Å²) in [6.45, 7) is 4.58. The maximum atomic E-state index is 5.32. The number of terminal acetylenes is 1. The molecule has 1 aliphatic rings. The molecule has 92 valence electrons. The lowest BCUT2D eigenvalue weighted by Crippen LogP contribution is -2.46. The third kappa shape index (κ3) is 2.00. The van der Waals surface area contributed by atoms with E-state index in [1.54, 1.807) is 10.8 Å². The van der Waals surface area contributed by atoms with E-state index >= 15 is 0 Å². The van der Waals surface area contributed by atoms with Crippen LogP contribution in [0.3, 0.4) is 0 Å². The Kier molecular flexibility index (Phi) is 2.82. The molecule has 3 heterocycles. The molecule has 0 bridgehead atoms. The van der Waals surface area contributed by atoms with Crippen molar-refractivity contribution in [2.45, 2.75) is 0 Å². The minimum absolute atomic E-state index is 0.728. The maximum absolute atomic E-state index is 5.32. The van der Waals surface area contributed by atoms with Crippen molar-refractivity contribution in [1.29, 1.82) is 0 Å². The standard InChI is InChI=1S/C12H14N6/c1-2-5-16-6-8-17(9-7-16)12-4-3-11-14-13-10-18(11)15-12/h1,3-4,10H,5-9H2. The number of rotatable bonds is 2. The van der Waals surface area contributed by atoms with Gasteiger partial charge in [0.1, 0.15) is 12.1 Å². The predicted octanol–water partition coefficient (Wildman–Crippen LogP) is -0.121. The minimum atomic E-state index is 0.728. The summed E-state index contributed by atoms with van der Waals surface area (Å²) in [4.78, 5) is 4.53. The fourth-order valence-electron chi connectivity index (χ4n) is 2.15. The highest BCUT2D eigenvalue weighted by molar-refractivity contribution is 5.45. The summed E-state index contributed by atoms with van der Waals surface area (Å²) in [5, 5.41) is 12.3. The van der Waals surface area contributed by atoms with Crippen LogP contribution in [-0.2, 0) is 0 Å². The van der Waals surface area contributed by atoms with Crippen molar-refractivity contribution in [1.82, 2.24) is 24.7 Å². The smallest absolute Gasteiger partial charge is 0.177 e. The zero-order chi connectivity index (χ0) is 12.4. The number of piperazine rings is 1. The van der Waals surface area contributed by atoms with Gasteiger partial charge in [-0.2, -0.15) is 4.52 Å². The van der Waals surface area contributed by atoms with Crippen molar-refractivity contribution in [3.8, 4) is 12.3 Å². The van der Waals surface area contributed by atoms with Crippen molar-refractivity contribution in [3.63, 3.8) is 0 Å². The van der Waals surface area contributed by atoms with Gasteiger partial charge in [-0.25, -0.2) is 0 Å². The van der Waals surface area contributed by atoms with Crippen LogP contribution in [0.4, 0.5) is 5.82 Å². The molecule has 2 aromatic rings. The van der Waals surface area contributed by atoms with E-state index in [1.807, 2.05) is 12.1 Å². The molecule has 0 amide bonds. The van der Waals surface area contributed by atoms with E-state index in [2.05, 4.69) is 31.0 Å². The summed E-state index contributed by atoms with van der Waals surface area (Å²) in [6.07, 6.45) is 6.94. The molecule has 0 saturated carbocycles. The van der Waals surface area contributed by atoms with Crippen LogP contribution in [-0.4, -0.2) is 57.4 Å². The van der Waals surface area contributed by atoms with Gasteiger partial charge in [0.25, 0.3) is 0 Å². The van der Waals surface area contributed by atoms with Gasteiger partial charge in [-0.05, 0) is 12.1 Å². The molecule has 1 fully saturated rings. The number of anilines is 1. The van der Waals surface area contributed by atoms with E-state index < -0.39 is 0 Å². The largest absolute Gasteiger partial charge is 0.353 e. The topological polar surface area (TPSA) is 49.6 Å². The number of aromatic nitrogens is 4. The Bertz CT molecular complexity index is 576. The quantitative estimate of drug-likeness (QED) is 0.687. The van der Waals surface area contributed by atoms with Crippen molar-refractivity contribution < 1.29 is 0 Å². The zero-order valence-electron chi connectivity index (χ0n) is 10.0. The van der Waals surface area contributed by atoms with Gasteiger partial charge < -0.3 is 4.90 Å². The highest BCUT2D eigenvalue weighted by Gasteiger charge is 2.17. The van der Waals surface area contributed by atoms with Gasteiger partial charge in [0.15, 0.2) is 5.65 Å². The fraction of sp³-hybridized carbons (Fsp3) is 0.417. The second-order valence-electron chi connectivity index (χ2n) is 4.29. The second-order valence-corrected chi connectivity index (χ2v) is 4.29. The zero-order valence-corrected chi connectivity index (χ0v) is 10.0. The molecule has 0 aliphatic carbocycles. The Labute approximate surface area is 105 Å². The fourth-order valence-corrected chi connectivity index (χ4v) is 2.15. The number of hydrogen-bond acceptors (Lipinski definition) is 5. The van der Waals surface area contributed by atoms with E-state index in [4.69, 9.17) is 6.42 Å². The highest BCUT2D eigenvalue weighted by Crippen LogP contribution is 2.13. The molecule has 6 nitrogen and oxygen atoms in total. The van der Waals surface area contributed by atoms with E-state index in [-0.39, 0.29) is 0 Å². The minimum Gasteiger partial charge on any atom is -0.353 e. The summed E-state index contributed by atoms with van der Waals surface area (Å²) in [5.41, 5.74) is 0.768. The van der Waals surface area contributed by atoms with Crippen LogP contribution >= 0.6 is 0 Å². The third-order valence-electron chi connectivity index (χ3n) is 3.16. The first kappa shape index (κ1) is 11.0. The molecule has 0 aromatic carbocycles. The first-order chi connectivity index (χ1) is 8.86. The van der Waals surface area contributed by atoms with Gasteiger partial charge in [-0.1, -0.05) is 5.92 Å². The van der Waals surface area contributed by atoms with Crippen molar-refractivity contribution in [2.24, 2.45) is 0 Å². The Hall–Kier alpha value is -2.13. The molecular formula is C12H14N6. The predicted molar refractivity (Wildman–Crippen MR) is 68.3 cm³/mol. The maximum Gasteiger partial charge on any atom is 0.177 e. The van der Waals surface area contributed by atoms with Crippen LogP contribution in [0.2, 0.25) is 0 Å². The van der Waals surface area contributed by atoms with Crippen LogP contribution in [0, 0.1) is 12.3 Å². The molecule has 0 N–H and O–H groups in total. The number of hydrogen-bond donors (Lipinski definition) is 0. The molecule has 6 heteroatoms. The van der Waals surface area contributed by atoms with Gasteiger partial charge in [-0.15, -0.1) is 21.7 Å². The van der Waals surface area contributed by atoms with Crippen LogP contribution in [0.1, 0.15) is 0 Å². The van der Waals surface area contributed by atoms with Gasteiger partial charge in [0.05, 0.1) is 6.54 Å². The van der Waals surface area contributed by atoms with Gasteiger partial charge >= 0.3 is 0 Å². The molecular weight excluding hydrogens is 228 g/mol. The first-order valence-corrected chi connectivity index (χ1v) is 5.94. The molecule has 1 saturated heterocycles. The summed E-state index contributed by atoms with van der Waals surface area (Å²) in [5.74, 6) is 3.64. The second kappa shape index (κ2) is 4.63. The Balaban J connectivity index is 1.74. The van der Waals surface area contributed by atoms with Crippen LogP contribution < -0.4 is 4.90 Å². The van der Waals surface area contributed by atoms with E-state index in [0.29, 0.717) is 0 Å².